The smallest absolute Gasteiger partial charge is 0.136 e. The molecule has 0 aliphatic heterocycles. The summed E-state index contributed by atoms with van der Waals surface area (Å²) in [6, 6.07) is 37.6. The van der Waals surface area contributed by atoms with Crippen LogP contribution in [0.3, 0.4) is 0 Å². The van der Waals surface area contributed by atoms with E-state index < -0.39 is 6.85 Å². The summed E-state index contributed by atoms with van der Waals surface area (Å²) in [4.78, 5) is 8.71. The Labute approximate surface area is 268 Å². The van der Waals surface area contributed by atoms with E-state index in [1.165, 1.54) is 11.8 Å². The molecule has 8 rings (SSSR count). The molecule has 0 fully saturated rings. The number of fused-ring (bicyclic) bond motifs is 6. The maximum absolute atomic E-state index is 7.23. The number of hydrogen-bond acceptors (Lipinski definition) is 4. The first kappa shape index (κ1) is 25.0. The molecular weight excluding hydrogens is 709 g/mol. The molecule has 213 valence electrons. The van der Waals surface area contributed by atoms with Crippen LogP contribution in [0.5, 0.6) is 0 Å². The van der Waals surface area contributed by atoms with Crippen molar-refractivity contribution in [3.63, 3.8) is 0 Å². The van der Waals surface area contributed by atoms with Crippen LogP contribution in [0.15, 0.2) is 118 Å². The number of nitrogens with zero attached hydrogens (tertiary/aromatic N) is 2. The molecule has 0 bridgehead atoms. The van der Waals surface area contributed by atoms with Crippen LogP contribution in [0.25, 0.3) is 66.4 Å². The second kappa shape index (κ2) is 12.0. The molecule has 0 N–H and O–H groups in total. The van der Waals surface area contributed by atoms with Gasteiger partial charge in [-0.25, -0.2) is 0 Å². The summed E-state index contributed by atoms with van der Waals surface area (Å²) in [7, 11) is 0. The largest absolute Gasteiger partial charge is 0.501 e. The molecule has 4 nitrogen and oxygen atoms in total. The Kier molecular flexibility index (Phi) is 6.95. The molecule has 4 aromatic heterocycles. The molecule has 0 atom stereocenters. The molecule has 5 heteroatoms. The van der Waals surface area contributed by atoms with Gasteiger partial charge in [-0.2, -0.15) is 0 Å². The van der Waals surface area contributed by atoms with Gasteiger partial charge in [-0.15, -0.1) is 54.1 Å². The van der Waals surface area contributed by atoms with E-state index in [1.807, 2.05) is 54.7 Å². The summed E-state index contributed by atoms with van der Waals surface area (Å²) < 4.78 is 34.1. The van der Waals surface area contributed by atoms with E-state index in [0.717, 1.165) is 66.4 Å². The summed E-state index contributed by atoms with van der Waals surface area (Å²) in [5.41, 5.74) is 8.30. The number of furan rings is 2. The number of rotatable bonds is 3. The third-order valence-electron chi connectivity index (χ3n) is 7.39. The number of aromatic nitrogens is 2. The minimum Gasteiger partial charge on any atom is -0.501 e. The van der Waals surface area contributed by atoms with E-state index in [9.17, 15) is 0 Å². The van der Waals surface area contributed by atoms with Gasteiger partial charge in [0.2, 0.25) is 0 Å². The molecule has 0 saturated heterocycles. The molecule has 4 heterocycles. The Morgan fingerprint density at radius 2 is 1.51 bits per heavy atom. The summed E-state index contributed by atoms with van der Waals surface area (Å²) >= 11 is 0. The van der Waals surface area contributed by atoms with Gasteiger partial charge in [0.15, 0.2) is 0 Å². The zero-order valence-corrected chi connectivity index (χ0v) is 25.9. The fourth-order valence-electron chi connectivity index (χ4n) is 5.20. The minimum atomic E-state index is -2.09. The topological polar surface area (TPSA) is 52.1 Å². The van der Waals surface area contributed by atoms with Crippen LogP contribution in [0.4, 0.5) is 0 Å². The van der Waals surface area contributed by atoms with Crippen molar-refractivity contribution in [2.24, 2.45) is 0 Å². The van der Waals surface area contributed by atoms with Crippen LogP contribution in [-0.2, 0) is 20.1 Å². The predicted molar refractivity (Wildman–Crippen MR) is 170 cm³/mol. The molecule has 4 aromatic carbocycles. The molecule has 0 unspecified atom stereocenters. The number of pyridine rings is 2. The van der Waals surface area contributed by atoms with E-state index in [0.29, 0.717) is 5.92 Å². The zero-order chi connectivity index (χ0) is 31.1. The number of aryl methyl sites for hydroxylation is 1. The molecule has 43 heavy (non-hydrogen) atoms. The van der Waals surface area contributed by atoms with Gasteiger partial charge in [-0.1, -0.05) is 66.8 Å². The molecule has 0 saturated carbocycles. The Morgan fingerprint density at radius 3 is 2.28 bits per heavy atom. The summed E-state index contributed by atoms with van der Waals surface area (Å²) in [5.74, 6) is 0.437. The monoisotopic (exact) mass is 740 g/mol. The van der Waals surface area contributed by atoms with Crippen molar-refractivity contribution in [3.8, 4) is 22.5 Å². The third kappa shape index (κ3) is 5.50. The van der Waals surface area contributed by atoms with Crippen LogP contribution in [0.2, 0.25) is 0 Å². The van der Waals surface area contributed by atoms with Gasteiger partial charge >= 0.3 is 0 Å². The molecule has 1 radical (unpaired) electrons. The van der Waals surface area contributed by atoms with Crippen molar-refractivity contribution >= 4 is 43.9 Å². The molecular formula is C38H28IrN2O2-2. The molecule has 0 spiro atoms. The first-order valence-electron chi connectivity index (χ1n) is 15.3. The van der Waals surface area contributed by atoms with Gasteiger partial charge in [-0.05, 0) is 54.0 Å². The SMILES string of the molecule is CC(C)c1ccnc(-c2[c-]ccc3c2oc2cc4c(cc23)oc2ccccc24)c1.[2H]C([2H])([2H])c1ccc(-c2[c-]cccc2)nc1.[Ir]. The molecule has 0 amide bonds. The predicted octanol–water partition coefficient (Wildman–Crippen LogP) is 10.3. The number of para-hydroxylation sites is 1. The normalized spacial score (nSPS) is 12.5. The molecule has 8 aromatic rings. The average molecular weight is 740 g/mol. The number of hydrogen-bond donors (Lipinski definition) is 0. The summed E-state index contributed by atoms with van der Waals surface area (Å²) in [6.07, 6.45) is 3.25. The van der Waals surface area contributed by atoms with Crippen molar-refractivity contribution in [2.45, 2.75) is 26.6 Å². The van der Waals surface area contributed by atoms with Gasteiger partial charge < -0.3 is 18.8 Å². The van der Waals surface area contributed by atoms with Gasteiger partial charge in [0.1, 0.15) is 16.7 Å². The van der Waals surface area contributed by atoms with Crippen molar-refractivity contribution < 1.29 is 33.1 Å². The van der Waals surface area contributed by atoms with E-state index in [-0.39, 0.29) is 25.7 Å². The van der Waals surface area contributed by atoms with Crippen LogP contribution >= 0.6 is 0 Å². The maximum atomic E-state index is 7.23. The third-order valence-corrected chi connectivity index (χ3v) is 7.39. The van der Waals surface area contributed by atoms with E-state index in [2.05, 4.69) is 66.3 Å². The van der Waals surface area contributed by atoms with E-state index >= 15 is 0 Å². The van der Waals surface area contributed by atoms with E-state index in [1.54, 1.807) is 18.2 Å². The standard InChI is InChI=1S/C26H18NO2.C12H10N.Ir/c1-15(2)16-10-11-27-22(12-16)19-8-5-7-18-21-14-24-20(13-25(21)29-26(18)19)17-6-3-4-9-23(17)28-24;1-10-7-8-12(13-9-10)11-5-3-2-4-6-11;/h3-7,9-15H,1-2H3;2-5,7-9H,1H3;/q2*-1;/i;1D3;. The second-order valence-electron chi connectivity index (χ2n) is 10.5. The quantitative estimate of drug-likeness (QED) is 0.169. The van der Waals surface area contributed by atoms with Gasteiger partial charge in [0.05, 0.1) is 5.58 Å². The van der Waals surface area contributed by atoms with Crippen LogP contribution < -0.4 is 0 Å². The van der Waals surface area contributed by atoms with Crippen molar-refractivity contribution in [1.29, 1.82) is 0 Å². The fraction of sp³-hybridized carbons (Fsp3) is 0.105. The van der Waals surface area contributed by atoms with Gasteiger partial charge in [0.25, 0.3) is 0 Å². The Morgan fingerprint density at radius 1 is 0.698 bits per heavy atom. The van der Waals surface area contributed by atoms with Crippen molar-refractivity contribution in [3.05, 3.63) is 133 Å². The molecule has 0 aliphatic rings. The van der Waals surface area contributed by atoms with Crippen LogP contribution in [0, 0.1) is 19.0 Å². The summed E-state index contributed by atoms with van der Waals surface area (Å²) in [5, 5.41) is 4.26. The Bertz CT molecular complexity index is 2290. The van der Waals surface area contributed by atoms with Crippen LogP contribution in [0.1, 0.15) is 35.0 Å². The molecule has 0 aliphatic carbocycles. The van der Waals surface area contributed by atoms with E-state index in [4.69, 9.17) is 12.9 Å². The first-order valence-corrected chi connectivity index (χ1v) is 13.8. The summed E-state index contributed by atoms with van der Waals surface area (Å²) in [6.45, 7) is 2.28. The number of benzene rings is 4. The second-order valence-corrected chi connectivity index (χ2v) is 10.5. The minimum absolute atomic E-state index is 0. The Balaban J connectivity index is 0.000000187. The van der Waals surface area contributed by atoms with Crippen LogP contribution in [-0.4, -0.2) is 9.97 Å². The Hall–Kier alpha value is -4.57. The van der Waals surface area contributed by atoms with Gasteiger partial charge in [0, 0.05) is 52.8 Å². The van der Waals surface area contributed by atoms with Gasteiger partial charge in [-0.3, -0.25) is 0 Å². The average Bonchev–Trinajstić information content (AvgIpc) is 3.61. The van der Waals surface area contributed by atoms with Crippen molar-refractivity contribution in [2.75, 3.05) is 0 Å². The fourth-order valence-corrected chi connectivity index (χ4v) is 5.20. The first-order chi connectivity index (χ1) is 21.8. The maximum Gasteiger partial charge on any atom is 0.136 e. The van der Waals surface area contributed by atoms with Crippen molar-refractivity contribution in [1.82, 2.24) is 9.97 Å². The zero-order valence-electron chi connectivity index (χ0n) is 26.5.